The van der Waals surface area contributed by atoms with E-state index in [9.17, 15) is 18.0 Å². The van der Waals surface area contributed by atoms with Crippen LogP contribution in [0.2, 0.25) is 0 Å². The number of alkyl halides is 3. The predicted octanol–water partition coefficient (Wildman–Crippen LogP) is 3.73. The van der Waals surface area contributed by atoms with Gasteiger partial charge >= 0.3 is 6.18 Å². The first-order valence-electron chi connectivity index (χ1n) is 9.14. The average Bonchev–Trinajstić information content (AvgIpc) is 2.70. The van der Waals surface area contributed by atoms with Crippen molar-refractivity contribution in [1.29, 1.82) is 0 Å². The van der Waals surface area contributed by atoms with Gasteiger partial charge in [-0.25, -0.2) is 4.98 Å². The van der Waals surface area contributed by atoms with Crippen LogP contribution in [0.5, 0.6) is 0 Å². The van der Waals surface area contributed by atoms with Gasteiger partial charge in [0.05, 0.1) is 17.2 Å². The zero-order valence-corrected chi connectivity index (χ0v) is 15.1. The molecular weight excluding hydrogens is 369 g/mol. The van der Waals surface area contributed by atoms with Crippen molar-refractivity contribution in [3.05, 3.63) is 65.0 Å². The van der Waals surface area contributed by atoms with Crippen LogP contribution in [0, 0.1) is 5.92 Å². The molecule has 1 aliphatic rings. The molecule has 0 radical (unpaired) electrons. The maximum atomic E-state index is 12.9. The van der Waals surface area contributed by atoms with Gasteiger partial charge in [-0.05, 0) is 43.0 Å². The largest absolute Gasteiger partial charge is 0.433 e. The van der Waals surface area contributed by atoms with E-state index < -0.39 is 11.9 Å². The Morgan fingerprint density at radius 3 is 2.57 bits per heavy atom. The van der Waals surface area contributed by atoms with E-state index in [0.29, 0.717) is 36.2 Å². The highest BCUT2D eigenvalue weighted by Crippen LogP contribution is 2.31. The summed E-state index contributed by atoms with van der Waals surface area (Å²) in [4.78, 5) is 22.3. The van der Waals surface area contributed by atoms with Gasteiger partial charge in [0.25, 0.3) is 5.56 Å². The normalized spacial score (nSPS) is 15.9. The number of benzene rings is 1. The second kappa shape index (κ2) is 7.26. The molecule has 1 saturated heterocycles. The van der Waals surface area contributed by atoms with E-state index in [4.69, 9.17) is 0 Å². The molecule has 1 aromatic carbocycles. The lowest BCUT2D eigenvalue weighted by atomic mass is 9.96. The molecule has 146 valence electrons. The van der Waals surface area contributed by atoms with Gasteiger partial charge in [0.1, 0.15) is 5.69 Å². The molecule has 5 nitrogen and oxygen atoms in total. The second-order valence-electron chi connectivity index (χ2n) is 7.05. The molecule has 0 amide bonds. The number of rotatable bonds is 3. The van der Waals surface area contributed by atoms with Crippen molar-refractivity contribution >= 4 is 16.6 Å². The van der Waals surface area contributed by atoms with Crippen LogP contribution in [0.3, 0.4) is 0 Å². The number of halogens is 3. The van der Waals surface area contributed by atoms with Crippen LogP contribution in [0.1, 0.15) is 18.5 Å². The van der Waals surface area contributed by atoms with E-state index in [1.54, 1.807) is 23.0 Å². The van der Waals surface area contributed by atoms with Gasteiger partial charge in [-0.1, -0.05) is 12.1 Å². The molecule has 1 fully saturated rings. The third kappa shape index (κ3) is 3.72. The number of pyridine rings is 1. The molecule has 0 spiro atoms. The van der Waals surface area contributed by atoms with Crippen LogP contribution in [0.25, 0.3) is 10.9 Å². The van der Waals surface area contributed by atoms with Crippen molar-refractivity contribution in [1.82, 2.24) is 14.5 Å². The van der Waals surface area contributed by atoms with Gasteiger partial charge in [0, 0.05) is 31.5 Å². The lowest BCUT2D eigenvalue weighted by molar-refractivity contribution is -0.141. The van der Waals surface area contributed by atoms with Crippen molar-refractivity contribution in [3.8, 4) is 0 Å². The Morgan fingerprint density at radius 1 is 1.07 bits per heavy atom. The first-order valence-corrected chi connectivity index (χ1v) is 9.14. The van der Waals surface area contributed by atoms with Gasteiger partial charge in [-0.2, -0.15) is 13.2 Å². The number of para-hydroxylation sites is 1. The molecule has 0 aliphatic carbocycles. The number of anilines is 1. The Balaban J connectivity index is 1.44. The Hall–Kier alpha value is -2.90. The number of hydrogen-bond donors (Lipinski definition) is 0. The Labute approximate surface area is 159 Å². The second-order valence-corrected chi connectivity index (χ2v) is 7.05. The number of fused-ring (bicyclic) bond motifs is 1. The molecule has 4 rings (SSSR count). The van der Waals surface area contributed by atoms with Crippen molar-refractivity contribution in [2.75, 3.05) is 18.0 Å². The molecule has 1 aliphatic heterocycles. The summed E-state index contributed by atoms with van der Waals surface area (Å²) >= 11 is 0. The van der Waals surface area contributed by atoms with Crippen LogP contribution < -0.4 is 10.5 Å². The minimum absolute atomic E-state index is 0.0583. The molecule has 0 unspecified atom stereocenters. The fraction of sp³-hybridized carbons (Fsp3) is 0.350. The summed E-state index contributed by atoms with van der Waals surface area (Å²) in [5.41, 5.74) is 0.278. The molecule has 3 aromatic rings. The van der Waals surface area contributed by atoms with E-state index in [1.165, 1.54) is 6.20 Å². The third-order valence-electron chi connectivity index (χ3n) is 5.20. The molecule has 0 bridgehead atoms. The standard InChI is InChI=1S/C20H19F3N4O/c21-20(22,23)18-11-15(5-8-24-18)26-9-6-14(7-10-26)12-27-13-25-17-4-2-1-3-16(17)19(27)28/h1-5,8,11,13-14H,6-7,9-10,12H2. The van der Waals surface area contributed by atoms with Crippen LogP contribution in [-0.4, -0.2) is 27.6 Å². The van der Waals surface area contributed by atoms with Gasteiger partial charge in [-0.15, -0.1) is 0 Å². The van der Waals surface area contributed by atoms with E-state index in [2.05, 4.69) is 9.97 Å². The molecule has 2 aromatic heterocycles. The molecule has 8 heteroatoms. The Kier molecular flexibility index (Phi) is 4.78. The summed E-state index contributed by atoms with van der Waals surface area (Å²) in [6.07, 6.45) is -0.0788. The van der Waals surface area contributed by atoms with Crippen molar-refractivity contribution in [3.63, 3.8) is 0 Å². The molecule has 0 N–H and O–H groups in total. The van der Waals surface area contributed by atoms with Crippen molar-refractivity contribution < 1.29 is 13.2 Å². The zero-order chi connectivity index (χ0) is 19.7. The summed E-state index contributed by atoms with van der Waals surface area (Å²) in [5.74, 6) is 0.279. The van der Waals surface area contributed by atoms with E-state index in [1.807, 2.05) is 23.1 Å². The van der Waals surface area contributed by atoms with Crippen molar-refractivity contribution in [2.45, 2.75) is 25.6 Å². The molecule has 0 atom stereocenters. The number of piperidine rings is 1. The van der Waals surface area contributed by atoms with Crippen LogP contribution in [0.4, 0.5) is 18.9 Å². The van der Waals surface area contributed by atoms with E-state index in [-0.39, 0.29) is 11.5 Å². The molecular formula is C20H19F3N4O. The summed E-state index contributed by atoms with van der Waals surface area (Å²) in [5, 5.41) is 0.596. The monoisotopic (exact) mass is 388 g/mol. The highest BCUT2D eigenvalue weighted by atomic mass is 19.4. The quantitative estimate of drug-likeness (QED) is 0.686. The van der Waals surface area contributed by atoms with Crippen LogP contribution in [-0.2, 0) is 12.7 Å². The first kappa shape index (κ1) is 18.5. The van der Waals surface area contributed by atoms with Gasteiger partial charge in [0.2, 0.25) is 0 Å². The topological polar surface area (TPSA) is 51.0 Å². The minimum Gasteiger partial charge on any atom is -0.371 e. The van der Waals surface area contributed by atoms with Crippen LogP contribution in [0.15, 0.2) is 53.7 Å². The maximum Gasteiger partial charge on any atom is 0.433 e. The summed E-state index contributed by atoms with van der Waals surface area (Å²) in [6.45, 7) is 1.85. The fourth-order valence-electron chi connectivity index (χ4n) is 3.66. The van der Waals surface area contributed by atoms with E-state index >= 15 is 0 Å². The summed E-state index contributed by atoms with van der Waals surface area (Å²) in [7, 11) is 0. The summed E-state index contributed by atoms with van der Waals surface area (Å²) < 4.78 is 40.2. The average molecular weight is 388 g/mol. The Morgan fingerprint density at radius 2 is 1.82 bits per heavy atom. The highest BCUT2D eigenvalue weighted by molar-refractivity contribution is 5.76. The first-order chi connectivity index (χ1) is 13.4. The Bertz CT molecular complexity index is 1040. The SMILES string of the molecule is O=c1c2ccccc2ncn1CC1CCN(c2ccnc(C(F)(F)F)c2)CC1. The maximum absolute atomic E-state index is 12.9. The number of hydrogen-bond acceptors (Lipinski definition) is 4. The smallest absolute Gasteiger partial charge is 0.371 e. The lowest BCUT2D eigenvalue weighted by Gasteiger charge is -2.34. The van der Waals surface area contributed by atoms with E-state index in [0.717, 1.165) is 18.9 Å². The van der Waals surface area contributed by atoms with Gasteiger partial charge in [0.15, 0.2) is 0 Å². The third-order valence-corrected chi connectivity index (χ3v) is 5.20. The minimum atomic E-state index is -4.45. The summed E-state index contributed by atoms with van der Waals surface area (Å²) in [6, 6.07) is 9.94. The van der Waals surface area contributed by atoms with Crippen molar-refractivity contribution in [2.24, 2.45) is 5.92 Å². The number of aromatic nitrogens is 3. The van der Waals surface area contributed by atoms with Gasteiger partial charge in [-0.3, -0.25) is 14.3 Å². The predicted molar refractivity (Wildman–Crippen MR) is 100 cm³/mol. The highest BCUT2D eigenvalue weighted by Gasteiger charge is 2.33. The fourth-order valence-corrected chi connectivity index (χ4v) is 3.66. The van der Waals surface area contributed by atoms with Gasteiger partial charge < -0.3 is 4.90 Å². The molecule has 28 heavy (non-hydrogen) atoms. The number of nitrogens with zero attached hydrogens (tertiary/aromatic N) is 4. The lowest BCUT2D eigenvalue weighted by Crippen LogP contribution is -2.36. The van der Waals surface area contributed by atoms with Crippen LogP contribution >= 0.6 is 0 Å². The molecule has 3 heterocycles. The molecule has 0 saturated carbocycles. The zero-order valence-electron chi connectivity index (χ0n) is 15.1.